The number of benzene rings is 2. The van der Waals surface area contributed by atoms with E-state index in [0.29, 0.717) is 5.56 Å². The summed E-state index contributed by atoms with van der Waals surface area (Å²) in [5.41, 5.74) is 5.21. The zero-order chi connectivity index (χ0) is 16.8. The lowest BCUT2D eigenvalue weighted by Gasteiger charge is -2.33. The number of nitrogen functional groups attached to an aromatic ring is 1. The lowest BCUT2D eigenvalue weighted by molar-refractivity contribution is -0.0304. The number of carbonyl (C=O) groups excluding carboxylic acids is 1. The van der Waals surface area contributed by atoms with Gasteiger partial charge in [0.15, 0.2) is 0 Å². The standard InChI is InChI=1S/C19H23N3O2/c20-21-19(23)17-8-6-16(7-9-17)13-22-10-11-24-18(14-22)12-15-4-2-1-3-5-15/h1-9,18H,10-14,20H2,(H,21,23). The van der Waals surface area contributed by atoms with Gasteiger partial charge in [-0.15, -0.1) is 0 Å². The molecule has 1 saturated heterocycles. The molecule has 0 spiro atoms. The van der Waals surface area contributed by atoms with Crippen LogP contribution in [-0.4, -0.2) is 36.6 Å². The third-order valence-corrected chi connectivity index (χ3v) is 4.28. The summed E-state index contributed by atoms with van der Waals surface area (Å²) in [4.78, 5) is 13.9. The molecule has 2 aromatic carbocycles. The third-order valence-electron chi connectivity index (χ3n) is 4.28. The highest BCUT2D eigenvalue weighted by atomic mass is 16.5. The molecular formula is C19H23N3O2. The number of amides is 1. The number of hydrogen-bond acceptors (Lipinski definition) is 4. The van der Waals surface area contributed by atoms with Gasteiger partial charge in [0.1, 0.15) is 0 Å². The molecule has 2 aromatic rings. The highest BCUT2D eigenvalue weighted by Gasteiger charge is 2.20. The minimum absolute atomic E-state index is 0.225. The van der Waals surface area contributed by atoms with Crippen LogP contribution in [0, 0.1) is 0 Å². The Labute approximate surface area is 142 Å². The molecule has 0 aromatic heterocycles. The molecule has 1 fully saturated rings. The smallest absolute Gasteiger partial charge is 0.265 e. The number of nitrogens with zero attached hydrogens (tertiary/aromatic N) is 1. The van der Waals surface area contributed by atoms with Crippen molar-refractivity contribution in [2.45, 2.75) is 19.1 Å². The van der Waals surface area contributed by atoms with E-state index < -0.39 is 0 Å². The van der Waals surface area contributed by atoms with Crippen LogP contribution in [0.5, 0.6) is 0 Å². The summed E-state index contributed by atoms with van der Waals surface area (Å²) < 4.78 is 5.91. The van der Waals surface area contributed by atoms with Gasteiger partial charge in [0.25, 0.3) is 5.91 Å². The summed E-state index contributed by atoms with van der Waals surface area (Å²) in [5.74, 6) is 4.88. The molecule has 0 bridgehead atoms. The van der Waals surface area contributed by atoms with Gasteiger partial charge in [0.2, 0.25) is 0 Å². The number of ether oxygens (including phenoxy) is 1. The van der Waals surface area contributed by atoms with Crippen LogP contribution in [0.4, 0.5) is 0 Å². The summed E-state index contributed by atoms with van der Waals surface area (Å²) in [6.07, 6.45) is 1.16. The molecule has 0 saturated carbocycles. The maximum absolute atomic E-state index is 11.5. The molecule has 5 heteroatoms. The van der Waals surface area contributed by atoms with E-state index in [1.54, 1.807) is 12.1 Å². The Morgan fingerprint density at radius 3 is 2.58 bits per heavy atom. The Bertz CT molecular complexity index is 658. The Balaban J connectivity index is 1.56. The first kappa shape index (κ1) is 16.6. The average molecular weight is 325 g/mol. The van der Waals surface area contributed by atoms with E-state index in [9.17, 15) is 4.79 Å². The Morgan fingerprint density at radius 1 is 1.12 bits per heavy atom. The van der Waals surface area contributed by atoms with Crippen LogP contribution in [0.1, 0.15) is 21.5 Å². The van der Waals surface area contributed by atoms with Crippen molar-refractivity contribution in [2.75, 3.05) is 19.7 Å². The van der Waals surface area contributed by atoms with Gasteiger partial charge in [0, 0.05) is 25.2 Å². The fourth-order valence-corrected chi connectivity index (χ4v) is 3.03. The van der Waals surface area contributed by atoms with Gasteiger partial charge < -0.3 is 4.74 Å². The number of nitrogens with two attached hydrogens (primary N) is 1. The normalized spacial score (nSPS) is 18.3. The second-order valence-electron chi connectivity index (χ2n) is 6.09. The van der Waals surface area contributed by atoms with Crippen LogP contribution in [-0.2, 0) is 17.7 Å². The SMILES string of the molecule is NNC(=O)c1ccc(CN2CCOC(Cc3ccccc3)C2)cc1. The molecule has 126 valence electrons. The molecule has 24 heavy (non-hydrogen) atoms. The molecule has 1 aliphatic heterocycles. The molecule has 3 rings (SSSR count). The first-order valence-corrected chi connectivity index (χ1v) is 8.22. The van der Waals surface area contributed by atoms with E-state index in [-0.39, 0.29) is 12.0 Å². The Kier molecular flexibility index (Phi) is 5.59. The number of nitrogens with one attached hydrogen (secondary N) is 1. The lowest BCUT2D eigenvalue weighted by atomic mass is 10.1. The molecular weight excluding hydrogens is 302 g/mol. The number of hydrogen-bond donors (Lipinski definition) is 2. The van der Waals surface area contributed by atoms with E-state index in [1.807, 2.05) is 18.2 Å². The van der Waals surface area contributed by atoms with Crippen LogP contribution in [0.2, 0.25) is 0 Å². The van der Waals surface area contributed by atoms with Crippen molar-refractivity contribution in [3.05, 3.63) is 71.3 Å². The second-order valence-corrected chi connectivity index (χ2v) is 6.09. The van der Waals surface area contributed by atoms with Crippen molar-refractivity contribution in [1.82, 2.24) is 10.3 Å². The van der Waals surface area contributed by atoms with Crippen LogP contribution in [0.15, 0.2) is 54.6 Å². The minimum Gasteiger partial charge on any atom is -0.375 e. The highest BCUT2D eigenvalue weighted by Crippen LogP contribution is 2.15. The van der Waals surface area contributed by atoms with Gasteiger partial charge in [0.05, 0.1) is 12.7 Å². The van der Waals surface area contributed by atoms with Gasteiger partial charge in [-0.3, -0.25) is 15.1 Å². The van der Waals surface area contributed by atoms with Crippen molar-refractivity contribution in [2.24, 2.45) is 5.84 Å². The van der Waals surface area contributed by atoms with Crippen molar-refractivity contribution >= 4 is 5.91 Å². The fraction of sp³-hybridized carbons (Fsp3) is 0.316. The molecule has 0 aliphatic carbocycles. The fourth-order valence-electron chi connectivity index (χ4n) is 3.03. The van der Waals surface area contributed by atoms with E-state index in [2.05, 4.69) is 34.6 Å². The maximum atomic E-state index is 11.5. The predicted octanol–water partition coefficient (Wildman–Crippen LogP) is 1.73. The van der Waals surface area contributed by atoms with Gasteiger partial charge in [-0.25, -0.2) is 5.84 Å². The van der Waals surface area contributed by atoms with Gasteiger partial charge in [-0.1, -0.05) is 42.5 Å². The summed E-state index contributed by atoms with van der Waals surface area (Å²) in [6, 6.07) is 18.0. The molecule has 1 unspecified atom stereocenters. The highest BCUT2D eigenvalue weighted by molar-refractivity contribution is 5.93. The zero-order valence-corrected chi connectivity index (χ0v) is 13.7. The molecule has 3 N–H and O–H groups in total. The quantitative estimate of drug-likeness (QED) is 0.499. The van der Waals surface area contributed by atoms with Crippen LogP contribution in [0.3, 0.4) is 0 Å². The van der Waals surface area contributed by atoms with E-state index in [0.717, 1.165) is 32.7 Å². The number of hydrazine groups is 1. The van der Waals surface area contributed by atoms with E-state index >= 15 is 0 Å². The first-order valence-electron chi connectivity index (χ1n) is 8.22. The van der Waals surface area contributed by atoms with Gasteiger partial charge in [-0.2, -0.15) is 0 Å². The molecule has 1 amide bonds. The lowest BCUT2D eigenvalue weighted by Crippen LogP contribution is -2.42. The molecule has 1 heterocycles. The Hall–Kier alpha value is -2.21. The Morgan fingerprint density at radius 2 is 1.88 bits per heavy atom. The van der Waals surface area contributed by atoms with Crippen LogP contribution in [0.25, 0.3) is 0 Å². The summed E-state index contributed by atoms with van der Waals surface area (Å²) >= 11 is 0. The number of morpholine rings is 1. The molecule has 5 nitrogen and oxygen atoms in total. The van der Waals surface area contributed by atoms with Gasteiger partial charge >= 0.3 is 0 Å². The summed E-state index contributed by atoms with van der Waals surface area (Å²) in [6.45, 7) is 3.46. The second kappa shape index (κ2) is 8.06. The number of rotatable bonds is 5. The molecule has 1 atom stereocenters. The average Bonchev–Trinajstić information content (AvgIpc) is 2.63. The topological polar surface area (TPSA) is 67.6 Å². The molecule has 1 aliphatic rings. The maximum Gasteiger partial charge on any atom is 0.265 e. The van der Waals surface area contributed by atoms with Crippen molar-refractivity contribution in [1.29, 1.82) is 0 Å². The zero-order valence-electron chi connectivity index (χ0n) is 13.7. The van der Waals surface area contributed by atoms with E-state index in [1.165, 1.54) is 11.1 Å². The van der Waals surface area contributed by atoms with Crippen molar-refractivity contribution in [3.63, 3.8) is 0 Å². The van der Waals surface area contributed by atoms with Crippen molar-refractivity contribution < 1.29 is 9.53 Å². The third kappa shape index (κ3) is 4.41. The predicted molar refractivity (Wildman–Crippen MR) is 93.3 cm³/mol. The monoisotopic (exact) mass is 325 g/mol. The summed E-state index contributed by atoms with van der Waals surface area (Å²) in [5, 5.41) is 0. The van der Waals surface area contributed by atoms with E-state index in [4.69, 9.17) is 10.6 Å². The summed E-state index contributed by atoms with van der Waals surface area (Å²) in [7, 11) is 0. The number of carbonyl (C=O) groups is 1. The minimum atomic E-state index is -0.268. The van der Waals surface area contributed by atoms with Crippen LogP contribution < -0.4 is 11.3 Å². The molecule has 0 radical (unpaired) electrons. The first-order chi connectivity index (χ1) is 11.7. The largest absolute Gasteiger partial charge is 0.375 e. The van der Waals surface area contributed by atoms with Crippen molar-refractivity contribution in [3.8, 4) is 0 Å². The van der Waals surface area contributed by atoms with Crippen LogP contribution >= 0.6 is 0 Å². The van der Waals surface area contributed by atoms with Gasteiger partial charge in [-0.05, 0) is 29.7 Å².